The van der Waals surface area contributed by atoms with Crippen molar-refractivity contribution >= 4 is 0 Å². The lowest BCUT2D eigenvalue weighted by molar-refractivity contribution is 0.179. The Labute approximate surface area is 87.5 Å². The van der Waals surface area contributed by atoms with Crippen molar-refractivity contribution in [3.05, 3.63) is 34.9 Å². The fourth-order valence-electron chi connectivity index (χ4n) is 1.37. The van der Waals surface area contributed by atoms with Crippen LogP contribution >= 0.6 is 0 Å². The Morgan fingerprint density at radius 1 is 1.27 bits per heavy atom. The molecule has 1 rings (SSSR count). The summed E-state index contributed by atoms with van der Waals surface area (Å²) in [5.41, 5.74) is 0.367. The van der Waals surface area contributed by atoms with Crippen molar-refractivity contribution in [3.8, 4) is 0 Å². The smallest absolute Gasteiger partial charge is 0.164 e. The van der Waals surface area contributed by atoms with Gasteiger partial charge >= 0.3 is 0 Å². The summed E-state index contributed by atoms with van der Waals surface area (Å²) in [7, 11) is 1.42. The van der Waals surface area contributed by atoms with Crippen LogP contribution in [0.25, 0.3) is 0 Å². The second kappa shape index (κ2) is 5.19. The molecule has 0 aliphatic rings. The highest BCUT2D eigenvalue weighted by Crippen LogP contribution is 2.18. The lowest BCUT2D eigenvalue weighted by Gasteiger charge is -2.09. The zero-order valence-corrected chi connectivity index (χ0v) is 8.76. The van der Waals surface area contributed by atoms with Gasteiger partial charge in [-0.2, -0.15) is 0 Å². The van der Waals surface area contributed by atoms with Crippen molar-refractivity contribution < 1.29 is 18.6 Å². The average molecular weight is 216 g/mol. The second-order valence-electron chi connectivity index (χ2n) is 3.50. The molecule has 84 valence electrons. The fourth-order valence-corrected chi connectivity index (χ4v) is 1.37. The first-order chi connectivity index (χ1) is 7.06. The van der Waals surface area contributed by atoms with Gasteiger partial charge in [0.05, 0.1) is 12.7 Å². The third-order valence-corrected chi connectivity index (χ3v) is 2.06. The molecule has 0 radical (unpaired) electrons. The zero-order valence-electron chi connectivity index (χ0n) is 8.76. The molecule has 0 aliphatic carbocycles. The zero-order chi connectivity index (χ0) is 11.4. The maximum atomic E-state index is 13.4. The molecule has 0 aromatic heterocycles. The van der Waals surface area contributed by atoms with E-state index in [0.717, 1.165) is 0 Å². The third-order valence-electron chi connectivity index (χ3n) is 2.06. The van der Waals surface area contributed by atoms with E-state index in [2.05, 4.69) is 0 Å². The Hall–Kier alpha value is -1.00. The normalized spacial score (nSPS) is 12.9. The van der Waals surface area contributed by atoms with Gasteiger partial charge in [-0.1, -0.05) is 12.1 Å². The molecule has 4 heteroatoms. The molecule has 0 spiro atoms. The van der Waals surface area contributed by atoms with E-state index in [-0.39, 0.29) is 24.2 Å². The van der Waals surface area contributed by atoms with Crippen molar-refractivity contribution in [2.24, 2.45) is 0 Å². The molecule has 1 unspecified atom stereocenters. The Bertz CT molecular complexity index is 338. The van der Waals surface area contributed by atoms with Gasteiger partial charge in [0.25, 0.3) is 0 Å². The summed E-state index contributed by atoms with van der Waals surface area (Å²) in [6.07, 6.45) is -0.581. The van der Waals surface area contributed by atoms with Gasteiger partial charge < -0.3 is 9.84 Å². The van der Waals surface area contributed by atoms with E-state index in [1.165, 1.54) is 26.2 Å². The van der Waals surface area contributed by atoms with E-state index in [0.29, 0.717) is 0 Å². The number of aliphatic hydroxyl groups is 1. The van der Waals surface area contributed by atoms with Crippen LogP contribution in [-0.4, -0.2) is 18.3 Å². The lowest BCUT2D eigenvalue weighted by atomic mass is 10.1. The summed E-state index contributed by atoms with van der Waals surface area (Å²) in [5, 5.41) is 9.08. The maximum Gasteiger partial charge on any atom is 0.164 e. The first kappa shape index (κ1) is 12.1. The van der Waals surface area contributed by atoms with Crippen molar-refractivity contribution in [2.45, 2.75) is 26.1 Å². The molecule has 1 N–H and O–H groups in total. The quantitative estimate of drug-likeness (QED) is 0.834. The van der Waals surface area contributed by atoms with E-state index in [4.69, 9.17) is 9.84 Å². The predicted molar refractivity (Wildman–Crippen MR) is 52.5 cm³/mol. The summed E-state index contributed by atoms with van der Waals surface area (Å²) in [6, 6.07) is 2.94. The Morgan fingerprint density at radius 2 is 1.80 bits per heavy atom. The molecule has 0 heterocycles. The van der Waals surface area contributed by atoms with Crippen LogP contribution in [0.15, 0.2) is 12.1 Å². The highest BCUT2D eigenvalue weighted by molar-refractivity contribution is 5.26. The molecule has 0 bridgehead atoms. The van der Waals surface area contributed by atoms with Crippen LogP contribution in [0.5, 0.6) is 0 Å². The van der Waals surface area contributed by atoms with Crippen LogP contribution in [0.2, 0.25) is 0 Å². The van der Waals surface area contributed by atoms with Crippen LogP contribution < -0.4 is 0 Å². The van der Waals surface area contributed by atoms with Crippen LogP contribution in [0.4, 0.5) is 8.78 Å². The van der Waals surface area contributed by atoms with Gasteiger partial charge in [0.15, 0.2) is 11.6 Å². The molecule has 1 aromatic carbocycles. The second-order valence-corrected chi connectivity index (χ2v) is 3.50. The van der Waals surface area contributed by atoms with Gasteiger partial charge in [0.1, 0.15) is 0 Å². The van der Waals surface area contributed by atoms with Crippen LogP contribution in [0.1, 0.15) is 18.1 Å². The fraction of sp³-hybridized carbons (Fsp3) is 0.455. The number of rotatable bonds is 4. The topological polar surface area (TPSA) is 29.5 Å². The van der Waals surface area contributed by atoms with E-state index >= 15 is 0 Å². The number of aliphatic hydroxyl groups excluding tert-OH is 1. The van der Waals surface area contributed by atoms with E-state index < -0.39 is 17.7 Å². The predicted octanol–water partition coefficient (Wildman–Crippen LogP) is 2.03. The summed E-state index contributed by atoms with van der Waals surface area (Å²) in [4.78, 5) is 0. The summed E-state index contributed by atoms with van der Waals surface area (Å²) < 4.78 is 31.5. The molecule has 0 aliphatic heterocycles. The number of benzene rings is 1. The molecule has 0 saturated carbocycles. The van der Waals surface area contributed by atoms with Crippen LogP contribution in [-0.2, 0) is 17.8 Å². The van der Waals surface area contributed by atoms with Crippen LogP contribution in [0, 0.1) is 11.6 Å². The first-order valence-corrected chi connectivity index (χ1v) is 4.69. The molecular formula is C11H14F2O2. The molecular weight excluding hydrogens is 202 g/mol. The SMILES string of the molecule is COCc1ccc(CC(C)O)c(F)c1F. The molecule has 15 heavy (non-hydrogen) atoms. The average Bonchev–Trinajstić information content (AvgIpc) is 2.17. The summed E-state index contributed by atoms with van der Waals surface area (Å²) >= 11 is 0. The molecule has 0 amide bonds. The number of hydrogen-bond acceptors (Lipinski definition) is 2. The van der Waals surface area contributed by atoms with Crippen molar-refractivity contribution in [2.75, 3.05) is 7.11 Å². The lowest BCUT2D eigenvalue weighted by Crippen LogP contribution is -2.08. The standard InChI is InChI=1S/C11H14F2O2/c1-7(14)5-8-3-4-9(6-15-2)11(13)10(8)12/h3-4,7,14H,5-6H2,1-2H3. The number of halogens is 2. The molecule has 1 aromatic rings. The Balaban J connectivity index is 2.98. The summed E-state index contributed by atoms with van der Waals surface area (Å²) in [6.45, 7) is 1.57. The Morgan fingerprint density at radius 3 is 2.33 bits per heavy atom. The minimum Gasteiger partial charge on any atom is -0.393 e. The molecule has 1 atom stereocenters. The molecule has 0 saturated heterocycles. The highest BCUT2D eigenvalue weighted by atomic mass is 19.2. The number of methoxy groups -OCH3 is 1. The van der Waals surface area contributed by atoms with Crippen LogP contribution in [0.3, 0.4) is 0 Å². The number of hydrogen-bond donors (Lipinski definition) is 1. The Kier molecular flexibility index (Phi) is 4.17. The maximum absolute atomic E-state index is 13.4. The van der Waals surface area contributed by atoms with Gasteiger partial charge in [0.2, 0.25) is 0 Å². The highest BCUT2D eigenvalue weighted by Gasteiger charge is 2.14. The minimum absolute atomic E-state index is 0.0394. The van der Waals surface area contributed by atoms with Gasteiger partial charge in [-0.3, -0.25) is 0 Å². The largest absolute Gasteiger partial charge is 0.393 e. The van der Waals surface area contributed by atoms with Gasteiger partial charge in [-0.15, -0.1) is 0 Å². The first-order valence-electron chi connectivity index (χ1n) is 4.69. The third kappa shape index (κ3) is 2.97. The number of ether oxygens (including phenoxy) is 1. The molecule has 0 fully saturated rings. The minimum atomic E-state index is -0.898. The van der Waals surface area contributed by atoms with Crippen molar-refractivity contribution in [1.82, 2.24) is 0 Å². The van der Waals surface area contributed by atoms with Gasteiger partial charge in [-0.25, -0.2) is 8.78 Å². The van der Waals surface area contributed by atoms with Gasteiger partial charge in [-0.05, 0) is 12.5 Å². The van der Waals surface area contributed by atoms with Crippen molar-refractivity contribution in [3.63, 3.8) is 0 Å². The van der Waals surface area contributed by atoms with E-state index in [9.17, 15) is 8.78 Å². The van der Waals surface area contributed by atoms with Crippen molar-refractivity contribution in [1.29, 1.82) is 0 Å². The van der Waals surface area contributed by atoms with E-state index in [1.54, 1.807) is 0 Å². The van der Waals surface area contributed by atoms with Gasteiger partial charge in [0, 0.05) is 19.1 Å². The van der Waals surface area contributed by atoms with E-state index in [1.807, 2.05) is 0 Å². The summed E-state index contributed by atoms with van der Waals surface area (Å²) in [5.74, 6) is -1.79. The monoisotopic (exact) mass is 216 g/mol. The molecule has 2 nitrogen and oxygen atoms in total.